The Labute approximate surface area is 163 Å². The number of hydrogen-bond donors (Lipinski definition) is 3. The van der Waals surface area contributed by atoms with Crippen LogP contribution in [-0.2, 0) is 9.59 Å². The van der Waals surface area contributed by atoms with E-state index in [4.69, 9.17) is 0 Å². The molecule has 3 N–H and O–H groups in total. The molecule has 1 atom stereocenters. The lowest BCUT2D eigenvalue weighted by atomic mass is 9.84. The number of fused-ring (bicyclic) bond motifs is 1. The van der Waals surface area contributed by atoms with Gasteiger partial charge in [0.25, 0.3) is 5.91 Å². The molecule has 28 heavy (non-hydrogen) atoms. The maximum atomic E-state index is 13.0. The summed E-state index contributed by atoms with van der Waals surface area (Å²) in [6, 6.07) is 7.71. The summed E-state index contributed by atoms with van der Waals surface area (Å²) in [5, 5.41) is 6.21. The molecule has 0 radical (unpaired) electrons. The van der Waals surface area contributed by atoms with Gasteiger partial charge in [0.2, 0.25) is 5.91 Å². The molecule has 1 aromatic carbocycles. The molecule has 2 aliphatic rings. The molecule has 1 spiro atoms. The van der Waals surface area contributed by atoms with Crippen molar-refractivity contribution >= 4 is 28.7 Å². The Morgan fingerprint density at radius 1 is 1.18 bits per heavy atom. The van der Waals surface area contributed by atoms with Crippen molar-refractivity contribution in [3.05, 3.63) is 36.0 Å². The first kappa shape index (κ1) is 18.5. The number of nitrogens with zero attached hydrogens (tertiary/aromatic N) is 1. The molecule has 0 aliphatic carbocycles. The van der Waals surface area contributed by atoms with Gasteiger partial charge in [-0.25, -0.2) is 4.79 Å². The molecule has 0 bridgehead atoms. The number of aromatic amines is 1. The van der Waals surface area contributed by atoms with E-state index >= 15 is 0 Å². The van der Waals surface area contributed by atoms with Crippen LogP contribution in [0, 0.1) is 5.92 Å². The van der Waals surface area contributed by atoms with Gasteiger partial charge in [0.05, 0.1) is 0 Å². The molecule has 2 aliphatic heterocycles. The zero-order chi connectivity index (χ0) is 19.9. The van der Waals surface area contributed by atoms with Crippen LogP contribution in [0.2, 0.25) is 0 Å². The minimum Gasteiger partial charge on any atom is -0.361 e. The molecule has 2 aromatic rings. The number of imide groups is 1. The Morgan fingerprint density at radius 3 is 2.54 bits per heavy atom. The maximum Gasteiger partial charge on any atom is 0.322 e. The van der Waals surface area contributed by atoms with E-state index in [1.807, 2.05) is 29.3 Å². The number of hydrogen-bond acceptors (Lipinski definition) is 3. The van der Waals surface area contributed by atoms with Crippen molar-refractivity contribution in [3.8, 4) is 0 Å². The van der Waals surface area contributed by atoms with Crippen molar-refractivity contribution in [1.82, 2.24) is 20.5 Å². The Morgan fingerprint density at radius 2 is 1.89 bits per heavy atom. The molecule has 3 heterocycles. The Kier molecular flexibility index (Phi) is 4.61. The summed E-state index contributed by atoms with van der Waals surface area (Å²) in [7, 11) is 0. The SMILES string of the molecule is CC(C)[C@H](CC(=O)N1CCC2(CC1)NC(=O)NC2=O)c1c[nH]c2ccccc12. The molecule has 4 amide bonds. The fraction of sp³-hybridized carbons (Fsp3) is 0.476. The Balaban J connectivity index is 1.46. The van der Waals surface area contributed by atoms with E-state index in [1.54, 1.807) is 0 Å². The summed E-state index contributed by atoms with van der Waals surface area (Å²) >= 11 is 0. The Bertz CT molecular complexity index is 925. The lowest BCUT2D eigenvalue weighted by molar-refractivity contribution is -0.136. The lowest BCUT2D eigenvalue weighted by Crippen LogP contribution is -2.55. The van der Waals surface area contributed by atoms with Gasteiger partial charge in [0.15, 0.2) is 0 Å². The van der Waals surface area contributed by atoms with Gasteiger partial charge in [-0.2, -0.15) is 0 Å². The van der Waals surface area contributed by atoms with Gasteiger partial charge >= 0.3 is 6.03 Å². The van der Waals surface area contributed by atoms with E-state index in [1.165, 1.54) is 5.56 Å². The molecule has 148 valence electrons. The number of H-pyrrole nitrogens is 1. The summed E-state index contributed by atoms with van der Waals surface area (Å²) in [5.74, 6) is 0.264. The number of piperidine rings is 1. The molecular formula is C21H26N4O3. The van der Waals surface area contributed by atoms with Gasteiger partial charge in [0, 0.05) is 36.6 Å². The second-order valence-corrected chi connectivity index (χ2v) is 8.22. The van der Waals surface area contributed by atoms with Gasteiger partial charge < -0.3 is 15.2 Å². The number of aromatic nitrogens is 1. The molecule has 0 saturated carbocycles. The molecule has 7 nitrogen and oxygen atoms in total. The molecule has 2 fully saturated rings. The van der Waals surface area contributed by atoms with Gasteiger partial charge in [-0.1, -0.05) is 32.0 Å². The third-order valence-corrected chi connectivity index (χ3v) is 6.20. The molecule has 7 heteroatoms. The largest absolute Gasteiger partial charge is 0.361 e. The topological polar surface area (TPSA) is 94.3 Å². The van der Waals surface area contributed by atoms with E-state index in [2.05, 4.69) is 35.5 Å². The first-order valence-corrected chi connectivity index (χ1v) is 9.87. The standard InChI is InChI=1S/C21H26N4O3/c1-13(2)15(16-12-22-17-6-4-3-5-14(16)17)11-18(26)25-9-7-21(8-10-25)19(27)23-20(28)24-21/h3-6,12-13,15,22H,7-11H2,1-2H3,(H2,23,24,27,28)/t15-/m0/s1. The van der Waals surface area contributed by atoms with Gasteiger partial charge in [0.1, 0.15) is 5.54 Å². The van der Waals surface area contributed by atoms with Crippen LogP contribution < -0.4 is 10.6 Å². The average Bonchev–Trinajstić information content (AvgIpc) is 3.21. The van der Waals surface area contributed by atoms with Crippen molar-refractivity contribution in [1.29, 1.82) is 0 Å². The fourth-order valence-corrected chi connectivity index (χ4v) is 4.44. The summed E-state index contributed by atoms with van der Waals surface area (Å²) in [6.45, 7) is 5.24. The summed E-state index contributed by atoms with van der Waals surface area (Å²) in [6.07, 6.45) is 3.36. The van der Waals surface area contributed by atoms with Crippen LogP contribution in [-0.4, -0.2) is 46.4 Å². The number of para-hydroxylation sites is 1. The third kappa shape index (κ3) is 3.15. The van der Waals surface area contributed by atoms with Crippen molar-refractivity contribution in [2.45, 2.75) is 44.6 Å². The number of urea groups is 1. The van der Waals surface area contributed by atoms with Crippen molar-refractivity contribution in [3.63, 3.8) is 0 Å². The zero-order valence-electron chi connectivity index (χ0n) is 16.2. The summed E-state index contributed by atoms with van der Waals surface area (Å²) in [4.78, 5) is 41.7. The van der Waals surface area contributed by atoms with E-state index in [0.29, 0.717) is 38.3 Å². The van der Waals surface area contributed by atoms with Gasteiger partial charge in [-0.05, 0) is 36.3 Å². The second-order valence-electron chi connectivity index (χ2n) is 8.22. The molecule has 2 saturated heterocycles. The highest BCUT2D eigenvalue weighted by Crippen LogP contribution is 2.34. The number of likely N-dealkylation sites (tertiary alicyclic amines) is 1. The minimum atomic E-state index is -0.845. The van der Waals surface area contributed by atoms with Crippen LogP contribution in [0.15, 0.2) is 30.5 Å². The van der Waals surface area contributed by atoms with Crippen LogP contribution >= 0.6 is 0 Å². The first-order chi connectivity index (χ1) is 13.4. The summed E-state index contributed by atoms with van der Waals surface area (Å²) in [5.41, 5.74) is 1.41. The van der Waals surface area contributed by atoms with Crippen LogP contribution in [0.4, 0.5) is 4.79 Å². The zero-order valence-corrected chi connectivity index (χ0v) is 16.2. The first-order valence-electron chi connectivity index (χ1n) is 9.87. The number of amides is 4. The van der Waals surface area contributed by atoms with Gasteiger partial charge in [-0.15, -0.1) is 0 Å². The number of rotatable bonds is 4. The normalized spacial score (nSPS) is 19.9. The quantitative estimate of drug-likeness (QED) is 0.709. The second kappa shape index (κ2) is 6.96. The van der Waals surface area contributed by atoms with Crippen LogP contribution in [0.3, 0.4) is 0 Å². The van der Waals surface area contributed by atoms with Crippen molar-refractivity contribution in [2.75, 3.05) is 13.1 Å². The minimum absolute atomic E-state index is 0.101. The fourth-order valence-electron chi connectivity index (χ4n) is 4.44. The summed E-state index contributed by atoms with van der Waals surface area (Å²) < 4.78 is 0. The van der Waals surface area contributed by atoms with Crippen molar-refractivity contribution in [2.24, 2.45) is 5.92 Å². The van der Waals surface area contributed by atoms with Crippen LogP contribution in [0.1, 0.15) is 44.6 Å². The lowest BCUT2D eigenvalue weighted by Gasteiger charge is -2.37. The highest BCUT2D eigenvalue weighted by Gasteiger charge is 2.48. The molecular weight excluding hydrogens is 356 g/mol. The predicted molar refractivity (Wildman–Crippen MR) is 106 cm³/mol. The van der Waals surface area contributed by atoms with E-state index in [9.17, 15) is 14.4 Å². The van der Waals surface area contributed by atoms with Crippen molar-refractivity contribution < 1.29 is 14.4 Å². The number of nitrogens with one attached hydrogen (secondary N) is 3. The van der Waals surface area contributed by atoms with Crippen LogP contribution in [0.5, 0.6) is 0 Å². The highest BCUT2D eigenvalue weighted by molar-refractivity contribution is 6.07. The predicted octanol–water partition coefficient (Wildman–Crippen LogP) is 2.50. The number of carbonyl (C=O) groups excluding carboxylic acids is 3. The van der Waals surface area contributed by atoms with E-state index < -0.39 is 11.6 Å². The van der Waals surface area contributed by atoms with Gasteiger partial charge in [-0.3, -0.25) is 14.9 Å². The average molecular weight is 382 g/mol. The number of benzene rings is 1. The molecule has 4 rings (SSSR count). The highest BCUT2D eigenvalue weighted by atomic mass is 16.2. The monoisotopic (exact) mass is 382 g/mol. The third-order valence-electron chi connectivity index (χ3n) is 6.20. The van der Waals surface area contributed by atoms with E-state index in [0.717, 1.165) is 10.9 Å². The number of carbonyl (C=O) groups is 3. The smallest absolute Gasteiger partial charge is 0.322 e. The Hall–Kier alpha value is -2.83. The van der Waals surface area contributed by atoms with E-state index in [-0.39, 0.29) is 17.7 Å². The maximum absolute atomic E-state index is 13.0. The molecule has 0 unspecified atom stereocenters. The van der Waals surface area contributed by atoms with Crippen LogP contribution in [0.25, 0.3) is 10.9 Å². The molecule has 1 aromatic heterocycles.